The van der Waals surface area contributed by atoms with Gasteiger partial charge in [-0.3, -0.25) is 4.79 Å². The molecule has 1 amide bonds. The largest absolute Gasteiger partial charge is 0.481 e. The second-order valence-electron chi connectivity index (χ2n) is 4.82. The molecule has 8 nitrogen and oxygen atoms in total. The summed E-state index contributed by atoms with van der Waals surface area (Å²) in [7, 11) is 3.03. The number of ether oxygens (including phenoxy) is 2. The van der Waals surface area contributed by atoms with Crippen molar-refractivity contribution in [2.24, 2.45) is 0 Å². The predicted octanol–water partition coefficient (Wildman–Crippen LogP) is -0.477. The molecule has 1 aromatic heterocycles. The van der Waals surface area contributed by atoms with Crippen LogP contribution in [-0.4, -0.2) is 72.4 Å². The molecule has 1 N–H and O–H groups in total. The molecule has 1 atom stereocenters. The Balaban J connectivity index is 2.22. The standard InChI is InChI=1S/C13H20N4O4/c1-9(18)16-4-5-17(8-10(19)7-16)13-14-11(20-2)6-12(15-13)21-3/h6,10,19H,4-5,7-8H2,1-3H3. The first-order valence-electron chi connectivity index (χ1n) is 6.69. The minimum absolute atomic E-state index is 0.0555. The van der Waals surface area contributed by atoms with Gasteiger partial charge in [-0.1, -0.05) is 0 Å². The Labute approximate surface area is 123 Å². The summed E-state index contributed by atoms with van der Waals surface area (Å²) in [6.45, 7) is 3.20. The van der Waals surface area contributed by atoms with E-state index in [1.165, 1.54) is 21.1 Å². The van der Waals surface area contributed by atoms with E-state index in [0.29, 0.717) is 43.9 Å². The number of amides is 1. The summed E-state index contributed by atoms with van der Waals surface area (Å²) in [6, 6.07) is 1.58. The van der Waals surface area contributed by atoms with Crippen LogP contribution in [0, 0.1) is 0 Å². The van der Waals surface area contributed by atoms with Crippen LogP contribution in [0.4, 0.5) is 5.95 Å². The summed E-state index contributed by atoms with van der Waals surface area (Å²) in [5, 5.41) is 10.0. The van der Waals surface area contributed by atoms with Gasteiger partial charge in [-0.2, -0.15) is 9.97 Å². The maximum atomic E-state index is 11.5. The molecule has 1 unspecified atom stereocenters. The van der Waals surface area contributed by atoms with Crippen molar-refractivity contribution in [3.05, 3.63) is 6.07 Å². The van der Waals surface area contributed by atoms with Gasteiger partial charge in [0.15, 0.2) is 0 Å². The summed E-state index contributed by atoms with van der Waals surface area (Å²) in [6.07, 6.45) is -0.655. The fourth-order valence-corrected chi connectivity index (χ4v) is 2.20. The highest BCUT2D eigenvalue weighted by Gasteiger charge is 2.24. The number of anilines is 1. The molecule has 1 aromatic rings. The Hall–Kier alpha value is -2.09. The van der Waals surface area contributed by atoms with Gasteiger partial charge >= 0.3 is 0 Å². The third-order valence-electron chi connectivity index (χ3n) is 3.32. The van der Waals surface area contributed by atoms with Crippen molar-refractivity contribution >= 4 is 11.9 Å². The lowest BCUT2D eigenvalue weighted by Crippen LogP contribution is -2.36. The summed E-state index contributed by atoms with van der Waals surface area (Å²) in [5.41, 5.74) is 0. The lowest BCUT2D eigenvalue weighted by atomic mass is 10.3. The number of aliphatic hydroxyl groups excluding tert-OH is 1. The van der Waals surface area contributed by atoms with E-state index in [2.05, 4.69) is 9.97 Å². The van der Waals surface area contributed by atoms with Crippen molar-refractivity contribution in [1.82, 2.24) is 14.9 Å². The molecule has 1 fully saturated rings. The quantitative estimate of drug-likeness (QED) is 0.806. The number of carbonyl (C=O) groups is 1. The van der Waals surface area contributed by atoms with Crippen molar-refractivity contribution < 1.29 is 19.4 Å². The second-order valence-corrected chi connectivity index (χ2v) is 4.82. The van der Waals surface area contributed by atoms with E-state index < -0.39 is 6.10 Å². The average molecular weight is 296 g/mol. The molecule has 2 heterocycles. The van der Waals surface area contributed by atoms with Gasteiger partial charge in [0, 0.05) is 33.1 Å². The van der Waals surface area contributed by atoms with Crippen molar-refractivity contribution in [3.8, 4) is 11.8 Å². The van der Waals surface area contributed by atoms with Crippen LogP contribution in [0.5, 0.6) is 11.8 Å². The molecule has 0 bridgehead atoms. The van der Waals surface area contributed by atoms with E-state index in [1.54, 1.807) is 11.0 Å². The average Bonchev–Trinajstić information content (AvgIpc) is 2.68. The summed E-state index contributed by atoms with van der Waals surface area (Å²) >= 11 is 0. The Morgan fingerprint density at radius 2 is 1.86 bits per heavy atom. The number of methoxy groups -OCH3 is 2. The van der Waals surface area contributed by atoms with Gasteiger partial charge in [0.2, 0.25) is 23.6 Å². The van der Waals surface area contributed by atoms with Crippen LogP contribution in [0.3, 0.4) is 0 Å². The Morgan fingerprint density at radius 3 is 2.38 bits per heavy atom. The maximum absolute atomic E-state index is 11.5. The highest BCUT2D eigenvalue weighted by Crippen LogP contribution is 2.21. The van der Waals surface area contributed by atoms with Crippen molar-refractivity contribution in [3.63, 3.8) is 0 Å². The molecule has 8 heteroatoms. The Bertz CT molecular complexity index is 489. The normalized spacial score (nSPS) is 19.1. The minimum atomic E-state index is -0.655. The van der Waals surface area contributed by atoms with Gasteiger partial charge < -0.3 is 24.4 Å². The van der Waals surface area contributed by atoms with Crippen LogP contribution in [0.15, 0.2) is 6.07 Å². The molecular weight excluding hydrogens is 276 g/mol. The number of nitrogens with zero attached hydrogens (tertiary/aromatic N) is 4. The topological polar surface area (TPSA) is 88.0 Å². The predicted molar refractivity (Wildman–Crippen MR) is 75.6 cm³/mol. The van der Waals surface area contributed by atoms with Crippen LogP contribution in [0.2, 0.25) is 0 Å². The molecule has 116 valence electrons. The molecular formula is C13H20N4O4. The maximum Gasteiger partial charge on any atom is 0.232 e. The fraction of sp³-hybridized carbons (Fsp3) is 0.615. The van der Waals surface area contributed by atoms with Crippen molar-refractivity contribution in [2.45, 2.75) is 13.0 Å². The number of carbonyl (C=O) groups excluding carboxylic acids is 1. The molecule has 0 aromatic carbocycles. The van der Waals surface area contributed by atoms with E-state index in [9.17, 15) is 9.90 Å². The Kier molecular flexibility index (Phi) is 4.79. The first-order valence-corrected chi connectivity index (χ1v) is 6.69. The molecule has 2 rings (SSSR count). The van der Waals surface area contributed by atoms with Crippen LogP contribution in [0.25, 0.3) is 0 Å². The third kappa shape index (κ3) is 3.72. The lowest BCUT2D eigenvalue weighted by molar-refractivity contribution is -0.129. The highest BCUT2D eigenvalue weighted by atomic mass is 16.5. The van der Waals surface area contributed by atoms with E-state index >= 15 is 0 Å². The summed E-state index contributed by atoms with van der Waals surface area (Å²) in [4.78, 5) is 23.4. The molecule has 0 aliphatic carbocycles. The number of aromatic nitrogens is 2. The van der Waals surface area contributed by atoms with E-state index in [1.807, 2.05) is 4.90 Å². The monoisotopic (exact) mass is 296 g/mol. The number of hydrogen-bond acceptors (Lipinski definition) is 7. The van der Waals surface area contributed by atoms with E-state index in [-0.39, 0.29) is 5.91 Å². The van der Waals surface area contributed by atoms with Gasteiger partial charge in [-0.05, 0) is 0 Å². The zero-order valence-electron chi connectivity index (χ0n) is 12.4. The van der Waals surface area contributed by atoms with Crippen LogP contribution in [0.1, 0.15) is 6.92 Å². The van der Waals surface area contributed by atoms with Crippen LogP contribution < -0.4 is 14.4 Å². The molecule has 0 radical (unpaired) electrons. The molecule has 0 saturated carbocycles. The number of β-amino-alcohol motifs (C(OH)–C–C–N with tert-alkyl or cyclic N) is 1. The number of hydrogen-bond donors (Lipinski definition) is 1. The first-order chi connectivity index (χ1) is 10.0. The SMILES string of the molecule is COc1cc(OC)nc(N2CCN(C(C)=O)CC(O)C2)n1. The second kappa shape index (κ2) is 6.57. The summed E-state index contributed by atoms with van der Waals surface area (Å²) in [5.74, 6) is 1.13. The molecule has 21 heavy (non-hydrogen) atoms. The van der Waals surface area contributed by atoms with E-state index in [4.69, 9.17) is 9.47 Å². The zero-order chi connectivity index (χ0) is 15.4. The van der Waals surface area contributed by atoms with E-state index in [0.717, 1.165) is 0 Å². The van der Waals surface area contributed by atoms with Gasteiger partial charge in [-0.15, -0.1) is 0 Å². The van der Waals surface area contributed by atoms with Crippen LogP contribution in [-0.2, 0) is 4.79 Å². The molecule has 1 saturated heterocycles. The fourth-order valence-electron chi connectivity index (χ4n) is 2.20. The number of rotatable bonds is 3. The summed E-state index contributed by atoms with van der Waals surface area (Å²) < 4.78 is 10.2. The molecule has 1 aliphatic heterocycles. The van der Waals surface area contributed by atoms with Crippen molar-refractivity contribution in [2.75, 3.05) is 45.3 Å². The molecule has 0 spiro atoms. The lowest BCUT2D eigenvalue weighted by Gasteiger charge is -2.22. The Morgan fingerprint density at radius 1 is 1.24 bits per heavy atom. The third-order valence-corrected chi connectivity index (χ3v) is 3.32. The van der Waals surface area contributed by atoms with Crippen LogP contribution >= 0.6 is 0 Å². The smallest absolute Gasteiger partial charge is 0.232 e. The minimum Gasteiger partial charge on any atom is -0.481 e. The number of aliphatic hydroxyl groups is 1. The van der Waals surface area contributed by atoms with Gasteiger partial charge in [0.05, 0.1) is 26.4 Å². The highest BCUT2D eigenvalue weighted by molar-refractivity contribution is 5.73. The van der Waals surface area contributed by atoms with Crippen molar-refractivity contribution in [1.29, 1.82) is 0 Å². The van der Waals surface area contributed by atoms with Gasteiger partial charge in [0.25, 0.3) is 0 Å². The first kappa shape index (κ1) is 15.3. The van der Waals surface area contributed by atoms with Gasteiger partial charge in [0.1, 0.15) is 0 Å². The van der Waals surface area contributed by atoms with Gasteiger partial charge in [-0.25, -0.2) is 0 Å². The molecule has 1 aliphatic rings. The zero-order valence-corrected chi connectivity index (χ0v) is 12.4.